The summed E-state index contributed by atoms with van der Waals surface area (Å²) in [5.41, 5.74) is 1.10. The van der Waals surface area contributed by atoms with Crippen LogP contribution in [-0.2, 0) is 10.0 Å². The predicted molar refractivity (Wildman–Crippen MR) is 133 cm³/mol. The van der Waals surface area contributed by atoms with Gasteiger partial charge in [0, 0.05) is 49.7 Å². The van der Waals surface area contributed by atoms with E-state index in [0.29, 0.717) is 48.9 Å². The van der Waals surface area contributed by atoms with E-state index >= 15 is 0 Å². The maximum absolute atomic E-state index is 13.0. The molecular formula is C25H26N4O6S. The second kappa shape index (κ2) is 10.6. The van der Waals surface area contributed by atoms with Crippen molar-refractivity contribution in [2.75, 3.05) is 45.1 Å². The number of ether oxygens (including phenoxy) is 2. The largest absolute Gasteiger partial charge is 0.497 e. The molecule has 1 N–H and O–H groups in total. The van der Waals surface area contributed by atoms with Crippen LogP contribution in [0.3, 0.4) is 0 Å². The molecule has 188 valence electrons. The van der Waals surface area contributed by atoms with Gasteiger partial charge in [-0.2, -0.15) is 0 Å². The van der Waals surface area contributed by atoms with Crippen LogP contribution in [0.2, 0.25) is 0 Å². The minimum Gasteiger partial charge on any atom is -0.497 e. The summed E-state index contributed by atoms with van der Waals surface area (Å²) in [5.74, 6) is 0.268. The molecular weight excluding hydrogens is 484 g/mol. The van der Waals surface area contributed by atoms with Crippen molar-refractivity contribution in [2.24, 2.45) is 0 Å². The van der Waals surface area contributed by atoms with Gasteiger partial charge in [-0.3, -0.25) is 19.3 Å². The first-order valence-electron chi connectivity index (χ1n) is 11.2. The van der Waals surface area contributed by atoms with Crippen LogP contribution in [0.4, 0.5) is 5.69 Å². The number of nitrogens with one attached hydrogen (secondary N) is 1. The topological polar surface area (TPSA) is 118 Å². The first-order chi connectivity index (χ1) is 17.3. The summed E-state index contributed by atoms with van der Waals surface area (Å²) >= 11 is 0. The number of piperazine rings is 1. The van der Waals surface area contributed by atoms with Crippen molar-refractivity contribution in [3.05, 3.63) is 78.1 Å². The minimum atomic E-state index is -3.94. The molecule has 0 spiro atoms. The molecule has 1 fully saturated rings. The first kappa shape index (κ1) is 25.0. The summed E-state index contributed by atoms with van der Waals surface area (Å²) in [4.78, 5) is 32.9. The molecule has 4 rings (SSSR count). The number of rotatable bonds is 7. The van der Waals surface area contributed by atoms with Gasteiger partial charge in [0.1, 0.15) is 22.1 Å². The molecule has 2 aromatic carbocycles. The standard InChI is InChI=1S/C25H26N4O6S/c1-34-20-10-11-23(22(17-20)35-2)36(32,33)27-19-8-6-18(7-9-19)24(30)28-13-15-29(16-14-28)25(31)21-5-3-4-12-26-21/h3-12,17,27H,13-16H2,1-2H3. The number of carbonyl (C=O) groups excluding carboxylic acids is 2. The average molecular weight is 511 g/mol. The number of anilines is 1. The van der Waals surface area contributed by atoms with E-state index in [2.05, 4.69) is 9.71 Å². The van der Waals surface area contributed by atoms with Crippen LogP contribution in [0, 0.1) is 0 Å². The zero-order valence-corrected chi connectivity index (χ0v) is 20.7. The molecule has 0 atom stereocenters. The number of aromatic nitrogens is 1. The van der Waals surface area contributed by atoms with Crippen molar-refractivity contribution >= 4 is 27.5 Å². The van der Waals surface area contributed by atoms with Crippen LogP contribution in [0.25, 0.3) is 0 Å². The number of hydrogen-bond donors (Lipinski definition) is 1. The molecule has 2 amide bonds. The second-order valence-corrected chi connectivity index (χ2v) is 9.65. The molecule has 1 aliphatic heterocycles. The van der Waals surface area contributed by atoms with Gasteiger partial charge in [0.15, 0.2) is 0 Å². The molecule has 1 aromatic heterocycles. The Morgan fingerprint density at radius 1 is 0.861 bits per heavy atom. The number of pyridine rings is 1. The van der Waals surface area contributed by atoms with E-state index in [-0.39, 0.29) is 22.5 Å². The van der Waals surface area contributed by atoms with E-state index in [0.717, 1.165) is 0 Å². The Bertz CT molecular complexity index is 1340. The Kier molecular flexibility index (Phi) is 7.39. The van der Waals surface area contributed by atoms with Gasteiger partial charge < -0.3 is 19.3 Å². The highest BCUT2D eigenvalue weighted by atomic mass is 32.2. The van der Waals surface area contributed by atoms with Crippen LogP contribution in [0.15, 0.2) is 71.8 Å². The van der Waals surface area contributed by atoms with Gasteiger partial charge in [-0.25, -0.2) is 8.42 Å². The summed E-state index contributed by atoms with van der Waals surface area (Å²) < 4.78 is 38.6. The van der Waals surface area contributed by atoms with Gasteiger partial charge in [-0.1, -0.05) is 6.07 Å². The molecule has 1 aliphatic rings. The minimum absolute atomic E-state index is 0.0379. The average Bonchev–Trinajstić information content (AvgIpc) is 2.92. The summed E-state index contributed by atoms with van der Waals surface area (Å²) in [5, 5.41) is 0. The predicted octanol–water partition coefficient (Wildman–Crippen LogP) is 2.50. The van der Waals surface area contributed by atoms with Crippen molar-refractivity contribution in [1.82, 2.24) is 14.8 Å². The van der Waals surface area contributed by atoms with Gasteiger partial charge >= 0.3 is 0 Å². The number of amides is 2. The van der Waals surface area contributed by atoms with Crippen LogP contribution < -0.4 is 14.2 Å². The lowest BCUT2D eigenvalue weighted by Gasteiger charge is -2.34. The number of sulfonamides is 1. The lowest BCUT2D eigenvalue weighted by Crippen LogP contribution is -2.50. The van der Waals surface area contributed by atoms with Crippen molar-refractivity contribution in [2.45, 2.75) is 4.90 Å². The summed E-state index contributed by atoms with van der Waals surface area (Å²) in [6.07, 6.45) is 1.57. The fourth-order valence-corrected chi connectivity index (χ4v) is 5.04. The number of carbonyl (C=O) groups is 2. The molecule has 0 aliphatic carbocycles. The Hall–Kier alpha value is -4.12. The van der Waals surface area contributed by atoms with Gasteiger partial charge in [-0.05, 0) is 48.5 Å². The first-order valence-corrected chi connectivity index (χ1v) is 12.6. The lowest BCUT2D eigenvalue weighted by atomic mass is 10.1. The van der Waals surface area contributed by atoms with Crippen LogP contribution in [0.1, 0.15) is 20.8 Å². The van der Waals surface area contributed by atoms with Crippen LogP contribution in [0.5, 0.6) is 11.5 Å². The molecule has 2 heterocycles. The fraction of sp³-hybridized carbons (Fsp3) is 0.240. The van der Waals surface area contributed by atoms with Crippen molar-refractivity contribution in [1.29, 1.82) is 0 Å². The quantitative estimate of drug-likeness (QED) is 0.519. The molecule has 36 heavy (non-hydrogen) atoms. The fourth-order valence-electron chi connectivity index (χ4n) is 3.83. The number of hydrogen-bond acceptors (Lipinski definition) is 7. The highest BCUT2D eigenvalue weighted by Gasteiger charge is 2.26. The summed E-state index contributed by atoms with van der Waals surface area (Å²) in [6.45, 7) is 1.59. The highest BCUT2D eigenvalue weighted by molar-refractivity contribution is 7.92. The van der Waals surface area contributed by atoms with E-state index in [1.54, 1.807) is 46.3 Å². The van der Waals surface area contributed by atoms with Crippen LogP contribution >= 0.6 is 0 Å². The molecule has 1 saturated heterocycles. The maximum atomic E-state index is 13.0. The third kappa shape index (κ3) is 5.41. The maximum Gasteiger partial charge on any atom is 0.272 e. The van der Waals surface area contributed by atoms with Crippen molar-refractivity contribution in [3.8, 4) is 11.5 Å². The van der Waals surface area contributed by atoms with Gasteiger partial charge in [0.25, 0.3) is 21.8 Å². The summed E-state index contributed by atoms with van der Waals surface area (Å²) in [6, 6.07) is 15.8. The third-order valence-corrected chi connectivity index (χ3v) is 7.20. The van der Waals surface area contributed by atoms with E-state index < -0.39 is 10.0 Å². The number of nitrogens with zero attached hydrogens (tertiary/aromatic N) is 3. The van der Waals surface area contributed by atoms with E-state index in [1.807, 2.05) is 0 Å². The van der Waals surface area contributed by atoms with Crippen molar-refractivity contribution < 1.29 is 27.5 Å². The Labute approximate surface area is 209 Å². The zero-order valence-electron chi connectivity index (χ0n) is 19.9. The molecule has 10 nitrogen and oxygen atoms in total. The molecule has 11 heteroatoms. The van der Waals surface area contributed by atoms with Gasteiger partial charge in [0.2, 0.25) is 0 Å². The monoisotopic (exact) mass is 510 g/mol. The SMILES string of the molecule is COc1ccc(S(=O)(=O)Nc2ccc(C(=O)N3CCN(C(=O)c4ccccn4)CC3)cc2)c(OC)c1. The second-order valence-electron chi connectivity index (χ2n) is 8.00. The zero-order chi connectivity index (χ0) is 25.7. The molecule has 0 bridgehead atoms. The molecule has 0 radical (unpaired) electrons. The van der Waals surface area contributed by atoms with E-state index in [9.17, 15) is 18.0 Å². The molecule has 0 unspecified atom stereocenters. The molecule has 3 aromatic rings. The number of methoxy groups -OCH3 is 2. The normalized spacial score (nSPS) is 13.7. The molecule has 0 saturated carbocycles. The van der Waals surface area contributed by atoms with Gasteiger partial charge in [0.05, 0.1) is 14.2 Å². The third-order valence-electron chi connectivity index (χ3n) is 5.78. The van der Waals surface area contributed by atoms with Crippen molar-refractivity contribution in [3.63, 3.8) is 0 Å². The Morgan fingerprint density at radius 2 is 1.53 bits per heavy atom. The Balaban J connectivity index is 1.39. The lowest BCUT2D eigenvalue weighted by molar-refractivity contribution is 0.0532. The number of benzene rings is 2. The Morgan fingerprint density at radius 3 is 2.11 bits per heavy atom. The summed E-state index contributed by atoms with van der Waals surface area (Å²) in [7, 11) is -1.09. The highest BCUT2D eigenvalue weighted by Crippen LogP contribution is 2.30. The van der Waals surface area contributed by atoms with E-state index in [4.69, 9.17) is 9.47 Å². The van der Waals surface area contributed by atoms with Crippen LogP contribution in [-0.4, -0.2) is 75.4 Å². The smallest absolute Gasteiger partial charge is 0.272 e. The van der Waals surface area contributed by atoms with E-state index in [1.165, 1.54) is 44.6 Å². The van der Waals surface area contributed by atoms with Gasteiger partial charge in [-0.15, -0.1) is 0 Å².